The molecule has 1 heterocycles. The van der Waals surface area contributed by atoms with Gasteiger partial charge in [0.2, 0.25) is 0 Å². The van der Waals surface area contributed by atoms with Gasteiger partial charge in [0, 0.05) is 41.7 Å². The van der Waals surface area contributed by atoms with Crippen molar-refractivity contribution in [1.29, 1.82) is 0 Å². The summed E-state index contributed by atoms with van der Waals surface area (Å²) in [4.78, 5) is 107. The standard InChI is InChI=1S/C14H15NO.C9H11NO.C9H10O3.C8H7ClO3.C8H8O3.C6H9N3O2.C5H8O5.C4H6O6.C4H6O5/c15-13(11-7-3-1-4-8-11)14(16)12-9-5-2-6-10-12;10-9-7-4-2-1-3-6(7)5-8(9)11;10-8(9(11)12)6-7-4-2-1-3-5-7;9-6-4-2-1-3-5(6)7(10)8(11)12;9-7(8(10)11)6-4-2-1-3-5-6;7-5(6(10)11)1-4-2-8-3-9-4;1-5(10,4(8)9)2-3(6)7;5-1(3(7)8)2(6)4(9)10;5-2(4(8)9)1-3(6)7/h1-10,13-14,16H,15H2;1-4,8-9,11H,5,10H2;1-5,8,10H,6H2,(H,11,12);1-4,7,10H,(H,11,12);1-5,7,9H,(H,10,11);2-3,5H,1,7H2,(H,8,9)(H,10,11);10H,2H2,1H3,(H,6,7)(H,8,9);1-2,5-6H,(H,7,8)(H,9,10);2,5H,1H2,(H,6,7)(H,8,9)/t13-,14-;8-,9+;8-;2*7-;2*5-;1-,2-;2-/m100000100/s1. The van der Waals surface area contributed by atoms with Crippen molar-refractivity contribution in [2.75, 3.05) is 0 Å². The van der Waals surface area contributed by atoms with Gasteiger partial charge in [-0.2, -0.15) is 0 Å². The van der Waals surface area contributed by atoms with E-state index in [1.807, 2.05) is 103 Å². The third-order valence-corrected chi connectivity index (χ3v) is 13.3. The molecule has 34 nitrogen and oxygen atoms in total. The van der Waals surface area contributed by atoms with E-state index in [9.17, 15) is 58.2 Å². The molecule has 0 bridgehead atoms. The average Bonchev–Trinajstić information content (AvgIpc) is 1.66. The molecule has 1 aliphatic rings. The van der Waals surface area contributed by atoms with E-state index in [-0.39, 0.29) is 41.6 Å². The number of aromatic amines is 1. The number of fused-ring (bicyclic) bond motifs is 1. The number of halogens is 1. The second-order valence-corrected chi connectivity index (χ2v) is 21.5. The number of nitrogens with two attached hydrogens (primary N) is 3. The Kier molecular flexibility index (Phi) is 42.8. The quantitative estimate of drug-likeness (QED) is 0.0456. The molecule has 8 rings (SSSR count). The van der Waals surface area contributed by atoms with Crippen molar-refractivity contribution < 1.29 is 145 Å². The predicted octanol–water partition coefficient (Wildman–Crippen LogP) is 1.41. The molecule has 1 aromatic heterocycles. The van der Waals surface area contributed by atoms with E-state index in [0.29, 0.717) is 12.0 Å². The van der Waals surface area contributed by atoms with Gasteiger partial charge in [-0.3, -0.25) is 14.4 Å². The van der Waals surface area contributed by atoms with Gasteiger partial charge in [-0.25, -0.2) is 38.5 Å². The SMILES string of the molecule is C[C@@](O)(CC(=O)O)C(=O)O.N[C@@H](Cc1cnc[nH]1)C(=O)O.N[C@@H]1c2ccccc2C[C@@H]1O.N[C@H](c1ccccc1)[C@H](O)c1ccccc1.O=C(O)C[C@H](O)C(=O)O.O=C(O)[C@@H](O)Cc1ccccc1.O=C(O)[C@@H](O)[C@H](O)C(=O)O.O=C(O)[C@@H](O)c1ccccc1.O=C(O)[C@@H](O)c1ccccc1Cl. The molecule has 0 unspecified atom stereocenters. The van der Waals surface area contributed by atoms with Crippen molar-refractivity contribution >= 4 is 71.3 Å². The van der Waals surface area contributed by atoms with Gasteiger partial charge in [-0.1, -0.05) is 175 Å². The topological polar surface area (TPSA) is 662 Å². The fourth-order valence-electron chi connectivity index (χ4n) is 7.47. The number of aliphatic hydroxyl groups is 9. The minimum absolute atomic E-state index is 0.163. The number of H-pyrrole nitrogens is 1. The zero-order valence-electron chi connectivity index (χ0n) is 53.8. The van der Waals surface area contributed by atoms with Crippen LogP contribution in [0.25, 0.3) is 0 Å². The van der Waals surface area contributed by atoms with Gasteiger partial charge in [0.15, 0.2) is 42.2 Å². The molecule has 0 saturated carbocycles. The number of hydrogen-bond donors (Lipinski definition) is 23. The molecule has 0 spiro atoms. The summed E-state index contributed by atoms with van der Waals surface area (Å²) >= 11 is 5.64. The maximum Gasteiger partial charge on any atom is 0.337 e. The van der Waals surface area contributed by atoms with Crippen LogP contribution in [0, 0.1) is 0 Å². The van der Waals surface area contributed by atoms with Gasteiger partial charge >= 0.3 is 59.7 Å². The lowest BCUT2D eigenvalue weighted by Gasteiger charge is -2.19. The van der Waals surface area contributed by atoms with E-state index in [4.69, 9.17) is 116 Å². The molecule has 102 heavy (non-hydrogen) atoms. The molecule has 1 aliphatic carbocycles. The second-order valence-electron chi connectivity index (χ2n) is 21.1. The van der Waals surface area contributed by atoms with Crippen molar-refractivity contribution in [3.8, 4) is 0 Å². The third-order valence-electron chi connectivity index (χ3n) is 13.0. The van der Waals surface area contributed by atoms with Gasteiger partial charge in [-0.15, -0.1) is 0 Å². The lowest BCUT2D eigenvalue weighted by molar-refractivity contribution is -0.165. The lowest BCUT2D eigenvalue weighted by atomic mass is 9.97. The summed E-state index contributed by atoms with van der Waals surface area (Å²) in [6, 6.07) is 49.2. The molecule has 0 radical (unpaired) electrons. The van der Waals surface area contributed by atoms with E-state index in [2.05, 4.69) is 9.97 Å². The zero-order valence-corrected chi connectivity index (χ0v) is 54.6. The molecule has 0 aliphatic heterocycles. The number of aliphatic hydroxyl groups excluding tert-OH is 8. The minimum Gasteiger partial charge on any atom is -0.481 e. The Labute approximate surface area is 584 Å². The maximum atomic E-state index is 10.3. The Bertz CT molecular complexity index is 3610. The molecule has 0 amide bonds. The van der Waals surface area contributed by atoms with Gasteiger partial charge < -0.3 is 119 Å². The molecule has 12 atom stereocenters. The van der Waals surface area contributed by atoms with Crippen molar-refractivity contribution in [2.24, 2.45) is 17.2 Å². The van der Waals surface area contributed by atoms with Crippen molar-refractivity contribution in [3.63, 3.8) is 0 Å². The number of nitrogens with one attached hydrogen (secondary N) is 1. The number of benzene rings is 6. The first-order chi connectivity index (χ1) is 47.7. The highest BCUT2D eigenvalue weighted by molar-refractivity contribution is 6.31. The van der Waals surface area contributed by atoms with Crippen molar-refractivity contribution in [2.45, 2.75) is 112 Å². The summed E-state index contributed by atoms with van der Waals surface area (Å²) in [5.41, 5.74) is 21.1. The van der Waals surface area contributed by atoms with E-state index < -0.39 is 127 Å². The van der Waals surface area contributed by atoms with Crippen LogP contribution in [0.3, 0.4) is 0 Å². The number of aromatic nitrogens is 2. The van der Waals surface area contributed by atoms with E-state index in [1.54, 1.807) is 60.8 Å². The van der Waals surface area contributed by atoms with Gasteiger partial charge in [-0.05, 0) is 46.4 Å². The lowest BCUT2D eigenvalue weighted by Crippen LogP contribution is -2.39. The van der Waals surface area contributed by atoms with Gasteiger partial charge in [0.25, 0.3) is 0 Å². The van der Waals surface area contributed by atoms with E-state index in [1.165, 1.54) is 24.0 Å². The zero-order chi connectivity index (χ0) is 78.0. The summed E-state index contributed by atoms with van der Waals surface area (Å²) in [6.07, 6.45) is -8.96. The Morgan fingerprint density at radius 2 is 0.951 bits per heavy atom. The average molecular weight is 1450 g/mol. The number of carboxylic acid groups (broad SMARTS) is 10. The molecule has 0 saturated heterocycles. The Balaban J connectivity index is 0.00000113. The fraction of sp³-hybridized carbons (Fsp3) is 0.269. The molecule has 7 aromatic rings. The van der Waals surface area contributed by atoms with Crippen LogP contribution in [0.2, 0.25) is 5.02 Å². The number of carboxylic acids is 10. The maximum absolute atomic E-state index is 10.3. The molecule has 0 fully saturated rings. The van der Waals surface area contributed by atoms with Crippen molar-refractivity contribution in [1.82, 2.24) is 9.97 Å². The summed E-state index contributed by atoms with van der Waals surface area (Å²) in [5, 5.41) is 162. The van der Waals surface area contributed by atoms with Crippen molar-refractivity contribution in [3.05, 3.63) is 232 Å². The normalized spacial score (nSPS) is 15.2. The van der Waals surface area contributed by atoms with Gasteiger partial charge in [0.1, 0.15) is 6.04 Å². The first-order valence-electron chi connectivity index (χ1n) is 29.4. The number of rotatable bonds is 22. The Morgan fingerprint density at radius 3 is 1.32 bits per heavy atom. The van der Waals surface area contributed by atoms with Crippen LogP contribution in [0.1, 0.15) is 94.8 Å². The highest BCUT2D eigenvalue weighted by Crippen LogP contribution is 2.29. The van der Waals surface area contributed by atoms with Crippen LogP contribution in [0.4, 0.5) is 0 Å². The fourth-order valence-corrected chi connectivity index (χ4v) is 7.70. The highest BCUT2D eigenvalue weighted by atomic mass is 35.5. The first-order valence-corrected chi connectivity index (χ1v) is 29.7. The summed E-state index contributed by atoms with van der Waals surface area (Å²) in [7, 11) is 0. The van der Waals surface area contributed by atoms with Gasteiger partial charge in [0.05, 0.1) is 43.5 Å². The molecule has 35 heteroatoms. The van der Waals surface area contributed by atoms with Crippen LogP contribution < -0.4 is 17.2 Å². The third kappa shape index (κ3) is 36.7. The largest absolute Gasteiger partial charge is 0.481 e. The van der Waals surface area contributed by atoms with Crippen LogP contribution in [-0.2, 0) is 67.2 Å². The van der Waals surface area contributed by atoms with Crippen LogP contribution in [-0.4, -0.2) is 209 Å². The highest BCUT2D eigenvalue weighted by Gasteiger charge is 2.33. The molecule has 554 valence electrons. The number of aliphatic carboxylic acids is 10. The van der Waals surface area contributed by atoms with Crippen LogP contribution in [0.15, 0.2) is 182 Å². The number of nitrogens with zero attached hydrogens (tertiary/aromatic N) is 1. The molecule has 26 N–H and O–H groups in total. The summed E-state index contributed by atoms with van der Waals surface area (Å²) < 4.78 is 0. The van der Waals surface area contributed by atoms with Crippen LogP contribution in [0.5, 0.6) is 0 Å². The number of carbonyl (C=O) groups is 10. The number of imidazole rings is 1. The number of hydrogen-bond acceptors (Lipinski definition) is 23. The molecule has 6 aromatic carbocycles. The second kappa shape index (κ2) is 47.9. The first kappa shape index (κ1) is 91.0. The van der Waals surface area contributed by atoms with Crippen LogP contribution >= 0.6 is 11.6 Å². The Morgan fingerprint density at radius 1 is 0.520 bits per heavy atom. The monoisotopic (exact) mass is 1450 g/mol. The molecular weight excluding hydrogens is 1370 g/mol. The molecular formula is C67H80ClN5O29. The smallest absolute Gasteiger partial charge is 0.337 e. The van der Waals surface area contributed by atoms with E-state index >= 15 is 0 Å². The Hall–Kier alpha value is -11.0. The van der Waals surface area contributed by atoms with E-state index in [0.717, 1.165) is 34.9 Å². The minimum atomic E-state index is -2.27. The summed E-state index contributed by atoms with van der Waals surface area (Å²) in [6.45, 7) is 0.934. The summed E-state index contributed by atoms with van der Waals surface area (Å²) in [5.74, 6) is -14.0. The predicted molar refractivity (Wildman–Crippen MR) is 356 cm³/mol.